The van der Waals surface area contributed by atoms with Crippen molar-refractivity contribution in [1.82, 2.24) is 10.2 Å². The number of amides is 1. The van der Waals surface area contributed by atoms with Crippen molar-refractivity contribution in [3.63, 3.8) is 0 Å². The second-order valence-electron chi connectivity index (χ2n) is 6.12. The molecule has 2 aromatic carbocycles. The van der Waals surface area contributed by atoms with Gasteiger partial charge in [-0.1, -0.05) is 47.5 Å². The summed E-state index contributed by atoms with van der Waals surface area (Å²) >= 11 is 12.1. The van der Waals surface area contributed by atoms with Gasteiger partial charge in [0.2, 0.25) is 5.91 Å². The Bertz CT molecular complexity index is 713. The molecule has 1 amide bonds. The van der Waals surface area contributed by atoms with Crippen LogP contribution in [0, 0.1) is 0 Å². The fraction of sp³-hybridized carbons (Fsp3) is 0.316. The van der Waals surface area contributed by atoms with Gasteiger partial charge in [0, 0.05) is 37.7 Å². The Morgan fingerprint density at radius 3 is 2.32 bits per heavy atom. The first-order valence-electron chi connectivity index (χ1n) is 8.35. The van der Waals surface area contributed by atoms with E-state index in [0.29, 0.717) is 18.1 Å². The first kappa shape index (κ1) is 18.1. The highest BCUT2D eigenvalue weighted by atomic mass is 35.5. The summed E-state index contributed by atoms with van der Waals surface area (Å²) in [6.07, 6.45) is 0. The second-order valence-corrected chi connectivity index (χ2v) is 6.96. The SMILES string of the molecule is O=C(CN1CCN(c2ccccc2Cl)CC1)NCc1ccc(Cl)cc1. The predicted octanol–water partition coefficient (Wildman–Crippen LogP) is 3.43. The van der Waals surface area contributed by atoms with Gasteiger partial charge in [-0.25, -0.2) is 0 Å². The van der Waals surface area contributed by atoms with E-state index in [2.05, 4.69) is 15.1 Å². The number of benzene rings is 2. The summed E-state index contributed by atoms with van der Waals surface area (Å²) in [5.74, 6) is 0.0427. The normalized spacial score (nSPS) is 15.2. The molecule has 0 saturated carbocycles. The van der Waals surface area contributed by atoms with Gasteiger partial charge in [0.15, 0.2) is 0 Å². The summed E-state index contributed by atoms with van der Waals surface area (Å²) in [7, 11) is 0. The molecule has 0 radical (unpaired) electrons. The molecule has 132 valence electrons. The first-order chi connectivity index (χ1) is 12.1. The van der Waals surface area contributed by atoms with Crippen molar-refractivity contribution in [2.75, 3.05) is 37.6 Å². The maximum Gasteiger partial charge on any atom is 0.234 e. The Morgan fingerprint density at radius 2 is 1.64 bits per heavy atom. The van der Waals surface area contributed by atoms with E-state index in [4.69, 9.17) is 23.2 Å². The molecular weight excluding hydrogens is 357 g/mol. The van der Waals surface area contributed by atoms with E-state index < -0.39 is 0 Å². The van der Waals surface area contributed by atoms with Crippen LogP contribution in [0.1, 0.15) is 5.56 Å². The standard InChI is InChI=1S/C19H21Cl2N3O/c20-16-7-5-15(6-8-16)13-22-19(25)14-23-9-11-24(12-10-23)18-4-2-1-3-17(18)21/h1-8H,9-14H2,(H,22,25). The lowest BCUT2D eigenvalue weighted by molar-refractivity contribution is -0.122. The Labute approximate surface area is 158 Å². The van der Waals surface area contributed by atoms with Crippen molar-refractivity contribution in [3.05, 3.63) is 64.1 Å². The Balaban J connectivity index is 1.43. The fourth-order valence-corrected chi connectivity index (χ4v) is 3.30. The fourth-order valence-electron chi connectivity index (χ4n) is 2.92. The Kier molecular flexibility index (Phi) is 6.19. The third kappa shape index (κ3) is 5.11. The molecule has 1 aliphatic rings. The molecule has 0 unspecified atom stereocenters. The van der Waals surface area contributed by atoms with E-state index in [1.807, 2.05) is 48.5 Å². The third-order valence-corrected chi connectivity index (χ3v) is 4.91. The van der Waals surface area contributed by atoms with Crippen LogP contribution in [-0.4, -0.2) is 43.5 Å². The van der Waals surface area contributed by atoms with Gasteiger partial charge in [-0.3, -0.25) is 9.69 Å². The van der Waals surface area contributed by atoms with Gasteiger partial charge in [-0.05, 0) is 29.8 Å². The van der Waals surface area contributed by atoms with Crippen LogP contribution in [0.25, 0.3) is 0 Å². The largest absolute Gasteiger partial charge is 0.368 e. The number of nitrogens with zero attached hydrogens (tertiary/aromatic N) is 2. The summed E-state index contributed by atoms with van der Waals surface area (Å²) in [5, 5.41) is 4.43. The summed E-state index contributed by atoms with van der Waals surface area (Å²) in [5.41, 5.74) is 2.11. The van der Waals surface area contributed by atoms with Crippen molar-refractivity contribution in [3.8, 4) is 0 Å². The number of hydrogen-bond acceptors (Lipinski definition) is 3. The van der Waals surface area contributed by atoms with Gasteiger partial charge >= 0.3 is 0 Å². The molecule has 0 atom stereocenters. The minimum atomic E-state index is 0.0427. The molecule has 2 aromatic rings. The first-order valence-corrected chi connectivity index (χ1v) is 9.10. The van der Waals surface area contributed by atoms with Crippen LogP contribution in [0.2, 0.25) is 10.0 Å². The van der Waals surface area contributed by atoms with E-state index in [0.717, 1.165) is 42.5 Å². The van der Waals surface area contributed by atoms with Gasteiger partial charge in [-0.2, -0.15) is 0 Å². The highest BCUT2D eigenvalue weighted by molar-refractivity contribution is 6.33. The van der Waals surface area contributed by atoms with Gasteiger partial charge < -0.3 is 10.2 Å². The van der Waals surface area contributed by atoms with Crippen LogP contribution in [0.3, 0.4) is 0 Å². The molecule has 3 rings (SSSR count). The Morgan fingerprint density at radius 1 is 0.960 bits per heavy atom. The summed E-state index contributed by atoms with van der Waals surface area (Å²) in [6, 6.07) is 15.4. The zero-order valence-corrected chi connectivity index (χ0v) is 15.4. The van der Waals surface area contributed by atoms with Gasteiger partial charge in [0.05, 0.1) is 17.3 Å². The van der Waals surface area contributed by atoms with Crippen LogP contribution < -0.4 is 10.2 Å². The van der Waals surface area contributed by atoms with Crippen molar-refractivity contribution >= 4 is 34.8 Å². The molecular formula is C19H21Cl2N3O. The topological polar surface area (TPSA) is 35.6 Å². The van der Waals surface area contributed by atoms with E-state index in [9.17, 15) is 4.79 Å². The molecule has 0 aromatic heterocycles. The molecule has 1 N–H and O–H groups in total. The second kappa shape index (κ2) is 8.56. The number of carbonyl (C=O) groups excluding carboxylic acids is 1. The molecule has 1 saturated heterocycles. The van der Waals surface area contributed by atoms with Crippen molar-refractivity contribution in [2.45, 2.75) is 6.54 Å². The zero-order chi connectivity index (χ0) is 17.6. The lowest BCUT2D eigenvalue weighted by atomic mass is 10.2. The van der Waals surface area contributed by atoms with Crippen molar-refractivity contribution < 1.29 is 4.79 Å². The summed E-state index contributed by atoms with van der Waals surface area (Å²) < 4.78 is 0. The van der Waals surface area contributed by atoms with E-state index in [1.165, 1.54) is 0 Å². The predicted molar refractivity (Wildman–Crippen MR) is 103 cm³/mol. The van der Waals surface area contributed by atoms with Crippen molar-refractivity contribution in [2.24, 2.45) is 0 Å². The van der Waals surface area contributed by atoms with Crippen molar-refractivity contribution in [1.29, 1.82) is 0 Å². The minimum absolute atomic E-state index is 0.0427. The average molecular weight is 378 g/mol. The minimum Gasteiger partial charge on any atom is -0.368 e. The molecule has 1 fully saturated rings. The smallest absolute Gasteiger partial charge is 0.234 e. The monoisotopic (exact) mass is 377 g/mol. The van der Waals surface area contributed by atoms with Crippen LogP contribution in [0.4, 0.5) is 5.69 Å². The Hall–Kier alpha value is -1.75. The molecule has 6 heteroatoms. The number of carbonyl (C=O) groups is 1. The number of para-hydroxylation sites is 1. The highest BCUT2D eigenvalue weighted by Gasteiger charge is 2.20. The van der Waals surface area contributed by atoms with Crippen LogP contribution >= 0.6 is 23.2 Å². The van der Waals surface area contributed by atoms with Gasteiger partial charge in [-0.15, -0.1) is 0 Å². The van der Waals surface area contributed by atoms with Crippen LogP contribution in [-0.2, 0) is 11.3 Å². The summed E-state index contributed by atoms with van der Waals surface area (Å²) in [6.45, 7) is 4.38. The number of hydrogen-bond donors (Lipinski definition) is 1. The molecule has 0 aliphatic carbocycles. The number of rotatable bonds is 5. The lowest BCUT2D eigenvalue weighted by Crippen LogP contribution is -2.49. The highest BCUT2D eigenvalue weighted by Crippen LogP contribution is 2.25. The van der Waals surface area contributed by atoms with Crippen LogP contribution in [0.15, 0.2) is 48.5 Å². The summed E-state index contributed by atoms with van der Waals surface area (Å²) in [4.78, 5) is 16.6. The van der Waals surface area contributed by atoms with Crippen LogP contribution in [0.5, 0.6) is 0 Å². The third-order valence-electron chi connectivity index (χ3n) is 4.34. The number of halogens is 2. The maximum absolute atomic E-state index is 12.1. The van der Waals surface area contributed by atoms with E-state index >= 15 is 0 Å². The number of anilines is 1. The molecule has 25 heavy (non-hydrogen) atoms. The van der Waals surface area contributed by atoms with Gasteiger partial charge in [0.25, 0.3) is 0 Å². The average Bonchev–Trinajstić information content (AvgIpc) is 2.62. The quantitative estimate of drug-likeness (QED) is 0.866. The number of nitrogens with one attached hydrogen (secondary N) is 1. The zero-order valence-electron chi connectivity index (χ0n) is 13.9. The molecule has 0 bridgehead atoms. The van der Waals surface area contributed by atoms with E-state index in [-0.39, 0.29) is 5.91 Å². The van der Waals surface area contributed by atoms with Gasteiger partial charge in [0.1, 0.15) is 0 Å². The molecule has 1 aliphatic heterocycles. The molecule has 1 heterocycles. The molecule has 0 spiro atoms. The molecule has 4 nitrogen and oxygen atoms in total. The number of piperazine rings is 1. The lowest BCUT2D eigenvalue weighted by Gasteiger charge is -2.36. The van der Waals surface area contributed by atoms with E-state index in [1.54, 1.807) is 0 Å². The maximum atomic E-state index is 12.1.